The molecule has 2 atom stereocenters. The second kappa shape index (κ2) is 11.2. The lowest BCUT2D eigenvalue weighted by atomic mass is 9.74. The summed E-state index contributed by atoms with van der Waals surface area (Å²) < 4.78 is 5.60. The number of methoxy groups -OCH3 is 1. The van der Waals surface area contributed by atoms with E-state index in [2.05, 4.69) is 77.0 Å². The quantitative estimate of drug-likeness (QED) is 0.294. The number of aryl methyl sites for hydroxylation is 1. The Morgan fingerprint density at radius 3 is 2.25 bits per heavy atom. The molecule has 3 heteroatoms. The first kappa shape index (κ1) is 25.5. The molecule has 0 amide bonds. The number of allylic oxidation sites excluding steroid dienone is 6. The van der Waals surface area contributed by atoms with Crippen molar-refractivity contribution in [3.63, 3.8) is 0 Å². The third kappa shape index (κ3) is 5.70. The second-order valence-electron chi connectivity index (χ2n) is 8.81. The maximum atomic E-state index is 12.8. The average Bonchev–Trinajstić information content (AvgIpc) is 2.76. The van der Waals surface area contributed by atoms with Gasteiger partial charge in [-0.15, -0.1) is 0 Å². The topological polar surface area (TPSA) is 38.3 Å². The molecule has 0 aromatic heterocycles. The maximum absolute atomic E-state index is 12.8. The van der Waals surface area contributed by atoms with Crippen LogP contribution in [-0.2, 0) is 9.53 Å². The number of ketones is 1. The Kier molecular flexibility index (Phi) is 8.89. The second-order valence-corrected chi connectivity index (χ2v) is 8.81. The standard InChI is InChI=1S/C29H39NO2/c1-10-18(3)15-25(26(31)11-2)17-20(5)27-21(6)30-22(7)28(23(8)32-9)29(27)24-14-12-13-19(4)16-24/h12-14,16,25,29-30H,3,5,8,10-11,15,17H2,1-2,4,6-7,9H3/t25-,29-/m1/s1. The highest BCUT2D eigenvalue weighted by molar-refractivity contribution is 5.81. The normalized spacial score (nSPS) is 17.0. The summed E-state index contributed by atoms with van der Waals surface area (Å²) in [4.78, 5) is 12.8. The van der Waals surface area contributed by atoms with Crippen LogP contribution in [0.5, 0.6) is 0 Å². The molecule has 1 aliphatic rings. The van der Waals surface area contributed by atoms with Gasteiger partial charge in [-0.3, -0.25) is 4.79 Å². The molecule has 0 unspecified atom stereocenters. The van der Waals surface area contributed by atoms with E-state index in [1.54, 1.807) is 7.11 Å². The molecule has 0 saturated carbocycles. The predicted octanol–water partition coefficient (Wildman–Crippen LogP) is 7.29. The fourth-order valence-electron chi connectivity index (χ4n) is 4.61. The Balaban J connectivity index is 2.55. The Bertz CT molecular complexity index is 977. The summed E-state index contributed by atoms with van der Waals surface area (Å²) in [6.45, 7) is 23.1. The first-order chi connectivity index (χ1) is 15.1. The zero-order valence-corrected chi connectivity index (χ0v) is 20.7. The number of Topliss-reactive ketones (excluding diaryl/α,β-unsaturated/α-hetero) is 1. The monoisotopic (exact) mass is 433 g/mol. The molecule has 0 fully saturated rings. The Hall–Kier alpha value is -2.81. The zero-order valence-electron chi connectivity index (χ0n) is 20.7. The molecule has 1 aliphatic heterocycles. The Morgan fingerprint density at radius 2 is 1.69 bits per heavy atom. The highest BCUT2D eigenvalue weighted by Gasteiger charge is 2.33. The molecule has 2 rings (SSSR count). The molecule has 1 N–H and O–H groups in total. The van der Waals surface area contributed by atoms with Crippen LogP contribution in [0.15, 0.2) is 83.4 Å². The van der Waals surface area contributed by atoms with Crippen LogP contribution in [0.4, 0.5) is 0 Å². The van der Waals surface area contributed by atoms with E-state index in [1.165, 1.54) is 11.1 Å². The molecule has 1 aromatic carbocycles. The van der Waals surface area contributed by atoms with E-state index >= 15 is 0 Å². The van der Waals surface area contributed by atoms with Crippen LogP contribution >= 0.6 is 0 Å². The number of carbonyl (C=O) groups is 1. The van der Waals surface area contributed by atoms with Crippen molar-refractivity contribution in [1.29, 1.82) is 0 Å². The van der Waals surface area contributed by atoms with Crippen LogP contribution in [0.25, 0.3) is 0 Å². The summed E-state index contributed by atoms with van der Waals surface area (Å²) in [5, 5.41) is 3.51. The van der Waals surface area contributed by atoms with Gasteiger partial charge in [0.05, 0.1) is 7.11 Å². The number of benzene rings is 1. The van der Waals surface area contributed by atoms with E-state index in [0.717, 1.165) is 40.1 Å². The van der Waals surface area contributed by atoms with Crippen molar-refractivity contribution < 1.29 is 9.53 Å². The van der Waals surface area contributed by atoms with Gasteiger partial charge in [-0.2, -0.15) is 0 Å². The van der Waals surface area contributed by atoms with Crippen LogP contribution in [0, 0.1) is 12.8 Å². The van der Waals surface area contributed by atoms with Gasteiger partial charge in [0.2, 0.25) is 0 Å². The minimum Gasteiger partial charge on any atom is -0.497 e. The summed E-state index contributed by atoms with van der Waals surface area (Å²) in [6, 6.07) is 8.54. The summed E-state index contributed by atoms with van der Waals surface area (Å²) in [5.74, 6) is 0.755. The molecule has 0 aliphatic carbocycles. The molecule has 0 radical (unpaired) electrons. The van der Waals surface area contributed by atoms with E-state index < -0.39 is 0 Å². The molecule has 1 heterocycles. The number of hydrogen-bond acceptors (Lipinski definition) is 3. The minimum atomic E-state index is -0.0977. The van der Waals surface area contributed by atoms with Gasteiger partial charge in [0.15, 0.2) is 0 Å². The molecule has 3 nitrogen and oxygen atoms in total. The van der Waals surface area contributed by atoms with Gasteiger partial charge in [-0.25, -0.2) is 0 Å². The predicted molar refractivity (Wildman–Crippen MR) is 135 cm³/mol. The molecule has 172 valence electrons. The third-order valence-electron chi connectivity index (χ3n) is 6.40. The van der Waals surface area contributed by atoms with Crippen LogP contribution in [0.1, 0.15) is 70.4 Å². The van der Waals surface area contributed by atoms with E-state index in [-0.39, 0.29) is 17.6 Å². The molecule has 32 heavy (non-hydrogen) atoms. The molecular weight excluding hydrogens is 394 g/mol. The average molecular weight is 434 g/mol. The highest BCUT2D eigenvalue weighted by atomic mass is 16.5. The molecule has 1 aromatic rings. The van der Waals surface area contributed by atoms with Gasteiger partial charge in [-0.1, -0.05) is 69.0 Å². The van der Waals surface area contributed by atoms with E-state index in [1.807, 2.05) is 6.92 Å². The maximum Gasteiger partial charge on any atom is 0.136 e. The molecular formula is C29H39NO2. The smallest absolute Gasteiger partial charge is 0.136 e. The van der Waals surface area contributed by atoms with Crippen molar-refractivity contribution in [3.05, 3.63) is 94.6 Å². The summed E-state index contributed by atoms with van der Waals surface area (Å²) in [7, 11) is 1.65. The number of dihydropyridines is 1. The Labute approximate surface area is 194 Å². The van der Waals surface area contributed by atoms with Crippen molar-refractivity contribution in [2.45, 2.75) is 66.2 Å². The fraction of sp³-hybridized carbons (Fsp3) is 0.414. The molecule has 0 bridgehead atoms. The molecule has 0 spiro atoms. The largest absolute Gasteiger partial charge is 0.497 e. The van der Waals surface area contributed by atoms with Gasteiger partial charge < -0.3 is 10.1 Å². The Morgan fingerprint density at radius 1 is 1.03 bits per heavy atom. The van der Waals surface area contributed by atoms with Crippen LogP contribution in [0.3, 0.4) is 0 Å². The lowest BCUT2D eigenvalue weighted by molar-refractivity contribution is -0.122. The van der Waals surface area contributed by atoms with Gasteiger partial charge in [0, 0.05) is 35.2 Å². The van der Waals surface area contributed by atoms with Gasteiger partial charge in [0.1, 0.15) is 11.5 Å². The third-order valence-corrected chi connectivity index (χ3v) is 6.40. The number of nitrogens with one attached hydrogen (secondary N) is 1. The van der Waals surface area contributed by atoms with Gasteiger partial charge >= 0.3 is 0 Å². The van der Waals surface area contributed by atoms with Gasteiger partial charge in [-0.05, 0) is 56.7 Å². The van der Waals surface area contributed by atoms with Crippen molar-refractivity contribution in [3.8, 4) is 0 Å². The first-order valence-electron chi connectivity index (χ1n) is 11.5. The van der Waals surface area contributed by atoms with E-state index in [4.69, 9.17) is 4.74 Å². The lowest BCUT2D eigenvalue weighted by Gasteiger charge is -2.35. The first-order valence-corrected chi connectivity index (χ1v) is 11.5. The van der Waals surface area contributed by atoms with Crippen LogP contribution in [-0.4, -0.2) is 12.9 Å². The van der Waals surface area contributed by atoms with Crippen molar-refractivity contribution in [1.82, 2.24) is 5.32 Å². The SMILES string of the molecule is C=C(CC)C[C@H](CC(=C)C1=C(C)NC(C)=C(C(=C)OC)[C@@H]1c1cccc(C)c1)C(=O)CC. The van der Waals surface area contributed by atoms with Crippen LogP contribution < -0.4 is 5.32 Å². The van der Waals surface area contributed by atoms with E-state index in [0.29, 0.717) is 25.0 Å². The minimum absolute atomic E-state index is 0.0529. The van der Waals surface area contributed by atoms with Crippen molar-refractivity contribution >= 4 is 5.78 Å². The number of ether oxygens (including phenoxy) is 1. The van der Waals surface area contributed by atoms with E-state index in [9.17, 15) is 4.79 Å². The number of carbonyl (C=O) groups excluding carboxylic acids is 1. The van der Waals surface area contributed by atoms with Crippen molar-refractivity contribution in [2.75, 3.05) is 7.11 Å². The molecule has 0 saturated heterocycles. The number of hydrogen-bond donors (Lipinski definition) is 1. The van der Waals surface area contributed by atoms with Crippen LogP contribution in [0.2, 0.25) is 0 Å². The zero-order chi connectivity index (χ0) is 24.0. The number of rotatable bonds is 11. The summed E-state index contributed by atoms with van der Waals surface area (Å²) in [6.07, 6.45) is 2.74. The summed E-state index contributed by atoms with van der Waals surface area (Å²) >= 11 is 0. The lowest BCUT2D eigenvalue weighted by Crippen LogP contribution is -2.27. The summed E-state index contributed by atoms with van der Waals surface area (Å²) in [5.41, 5.74) is 8.68. The van der Waals surface area contributed by atoms with Gasteiger partial charge in [0.25, 0.3) is 0 Å². The van der Waals surface area contributed by atoms with Crippen molar-refractivity contribution in [2.24, 2.45) is 5.92 Å². The fourth-order valence-corrected chi connectivity index (χ4v) is 4.61. The highest BCUT2D eigenvalue weighted by Crippen LogP contribution is 2.45.